The van der Waals surface area contributed by atoms with Gasteiger partial charge in [0.2, 0.25) is 0 Å². The standard InChI is InChI=1S/C6H10N4O2/c7-10-9-6(5-12)4-8-2-1-3-11/h3,5-6,8H,1-2,4H2. The first kappa shape index (κ1) is 10.6. The lowest BCUT2D eigenvalue weighted by Gasteiger charge is -2.02. The minimum Gasteiger partial charge on any atom is -0.315 e. The lowest BCUT2D eigenvalue weighted by molar-refractivity contribution is -0.108. The molecule has 0 aliphatic heterocycles. The normalized spacial score (nSPS) is 11.3. The molecule has 1 atom stereocenters. The van der Waals surface area contributed by atoms with Crippen molar-refractivity contribution in [1.82, 2.24) is 5.32 Å². The van der Waals surface area contributed by atoms with Crippen LogP contribution in [0.2, 0.25) is 0 Å². The van der Waals surface area contributed by atoms with E-state index in [1.54, 1.807) is 0 Å². The van der Waals surface area contributed by atoms with Crippen LogP contribution in [0, 0.1) is 0 Å². The smallest absolute Gasteiger partial charge is 0.130 e. The van der Waals surface area contributed by atoms with E-state index >= 15 is 0 Å². The lowest BCUT2D eigenvalue weighted by atomic mass is 10.3. The third-order valence-electron chi connectivity index (χ3n) is 1.15. The Morgan fingerprint density at radius 3 is 2.83 bits per heavy atom. The average molecular weight is 170 g/mol. The summed E-state index contributed by atoms with van der Waals surface area (Å²) in [6.07, 6.45) is 1.73. The van der Waals surface area contributed by atoms with Crippen molar-refractivity contribution in [1.29, 1.82) is 0 Å². The fraction of sp³-hybridized carbons (Fsp3) is 0.667. The third kappa shape index (κ3) is 5.40. The van der Waals surface area contributed by atoms with E-state index in [-0.39, 0.29) is 6.54 Å². The van der Waals surface area contributed by atoms with E-state index in [0.29, 0.717) is 19.3 Å². The van der Waals surface area contributed by atoms with Crippen LogP contribution in [0.1, 0.15) is 6.42 Å². The Morgan fingerprint density at radius 1 is 1.58 bits per heavy atom. The molecule has 1 N–H and O–H groups in total. The molecule has 0 saturated heterocycles. The molecular formula is C6H10N4O2. The van der Waals surface area contributed by atoms with Crippen LogP contribution in [0.3, 0.4) is 0 Å². The fourth-order valence-corrected chi connectivity index (χ4v) is 0.593. The van der Waals surface area contributed by atoms with Gasteiger partial charge in [-0.25, -0.2) is 0 Å². The monoisotopic (exact) mass is 170 g/mol. The molecule has 12 heavy (non-hydrogen) atoms. The SMILES string of the molecule is [N-]=[N+]=NC(C=O)CNCCC=O. The quantitative estimate of drug-likeness (QED) is 0.192. The van der Waals surface area contributed by atoms with Crippen molar-refractivity contribution < 1.29 is 9.59 Å². The van der Waals surface area contributed by atoms with E-state index in [1.165, 1.54) is 0 Å². The Labute approximate surface area is 69.6 Å². The van der Waals surface area contributed by atoms with Gasteiger partial charge >= 0.3 is 0 Å². The highest BCUT2D eigenvalue weighted by molar-refractivity contribution is 5.58. The number of rotatable bonds is 7. The summed E-state index contributed by atoms with van der Waals surface area (Å²) >= 11 is 0. The van der Waals surface area contributed by atoms with Crippen molar-refractivity contribution in [3.05, 3.63) is 10.4 Å². The van der Waals surface area contributed by atoms with Gasteiger partial charge in [-0.2, -0.15) is 0 Å². The molecule has 0 aromatic carbocycles. The largest absolute Gasteiger partial charge is 0.315 e. The van der Waals surface area contributed by atoms with E-state index < -0.39 is 6.04 Å². The molecule has 0 aliphatic carbocycles. The number of hydrogen-bond acceptors (Lipinski definition) is 4. The molecule has 0 heterocycles. The summed E-state index contributed by atoms with van der Waals surface area (Å²) in [5.74, 6) is 0. The molecule has 0 saturated carbocycles. The van der Waals surface area contributed by atoms with Gasteiger partial charge in [0.05, 0.1) is 0 Å². The maximum Gasteiger partial charge on any atom is 0.130 e. The summed E-state index contributed by atoms with van der Waals surface area (Å²) in [6, 6.07) is -0.679. The van der Waals surface area contributed by atoms with Gasteiger partial charge in [0.15, 0.2) is 0 Å². The second kappa shape index (κ2) is 7.71. The lowest BCUT2D eigenvalue weighted by Crippen LogP contribution is -2.27. The van der Waals surface area contributed by atoms with Crippen LogP contribution in [0.15, 0.2) is 5.11 Å². The van der Waals surface area contributed by atoms with Gasteiger partial charge in [-0.15, -0.1) is 0 Å². The first-order valence-corrected chi connectivity index (χ1v) is 3.49. The first-order valence-electron chi connectivity index (χ1n) is 3.49. The topological polar surface area (TPSA) is 94.9 Å². The van der Waals surface area contributed by atoms with Crippen LogP contribution in [-0.4, -0.2) is 31.7 Å². The van der Waals surface area contributed by atoms with Gasteiger partial charge < -0.3 is 14.9 Å². The zero-order valence-electron chi connectivity index (χ0n) is 6.51. The highest BCUT2D eigenvalue weighted by Gasteiger charge is 2.01. The minimum absolute atomic E-state index is 0.279. The van der Waals surface area contributed by atoms with E-state index in [4.69, 9.17) is 5.53 Å². The minimum atomic E-state index is -0.679. The Hall–Kier alpha value is -1.39. The molecule has 6 nitrogen and oxygen atoms in total. The van der Waals surface area contributed by atoms with Gasteiger partial charge in [-0.1, -0.05) is 5.11 Å². The van der Waals surface area contributed by atoms with Crippen LogP contribution in [0.25, 0.3) is 10.4 Å². The molecule has 1 unspecified atom stereocenters. The second-order valence-electron chi connectivity index (χ2n) is 2.07. The van der Waals surface area contributed by atoms with Crippen LogP contribution in [-0.2, 0) is 9.59 Å². The Balaban J connectivity index is 3.50. The second-order valence-corrected chi connectivity index (χ2v) is 2.07. The number of aldehydes is 2. The van der Waals surface area contributed by atoms with Crippen molar-refractivity contribution in [3.8, 4) is 0 Å². The molecule has 0 aliphatic rings. The van der Waals surface area contributed by atoms with E-state index in [2.05, 4.69) is 15.3 Å². The van der Waals surface area contributed by atoms with Crippen LogP contribution in [0.5, 0.6) is 0 Å². The molecule has 66 valence electrons. The van der Waals surface area contributed by atoms with Crippen molar-refractivity contribution in [2.75, 3.05) is 13.1 Å². The molecule has 6 heteroatoms. The van der Waals surface area contributed by atoms with Gasteiger partial charge in [-0.05, 0) is 5.53 Å². The molecule has 0 aromatic heterocycles. The third-order valence-corrected chi connectivity index (χ3v) is 1.15. The summed E-state index contributed by atoms with van der Waals surface area (Å²) in [7, 11) is 0. The average Bonchev–Trinajstić information content (AvgIpc) is 2.10. The van der Waals surface area contributed by atoms with E-state index in [1.807, 2.05) is 0 Å². The Kier molecular flexibility index (Phi) is 6.82. The predicted molar refractivity (Wildman–Crippen MR) is 42.5 cm³/mol. The molecule has 0 amide bonds. The van der Waals surface area contributed by atoms with Crippen molar-refractivity contribution in [2.45, 2.75) is 12.5 Å². The van der Waals surface area contributed by atoms with E-state index in [9.17, 15) is 9.59 Å². The van der Waals surface area contributed by atoms with Crippen LogP contribution in [0.4, 0.5) is 0 Å². The summed E-state index contributed by atoms with van der Waals surface area (Å²) in [5, 5.41) is 6.00. The molecule has 0 radical (unpaired) electrons. The summed E-state index contributed by atoms with van der Waals surface area (Å²) in [4.78, 5) is 22.5. The molecule has 0 aromatic rings. The van der Waals surface area contributed by atoms with Crippen LogP contribution >= 0.6 is 0 Å². The fourth-order valence-electron chi connectivity index (χ4n) is 0.593. The zero-order chi connectivity index (χ0) is 9.23. The molecule has 0 spiro atoms. The Bertz CT molecular complexity index is 188. The number of nitrogens with zero attached hydrogens (tertiary/aromatic N) is 3. The number of hydrogen-bond donors (Lipinski definition) is 1. The molecule has 0 fully saturated rings. The summed E-state index contributed by atoms with van der Waals surface area (Å²) in [5.41, 5.74) is 7.99. The summed E-state index contributed by atoms with van der Waals surface area (Å²) < 4.78 is 0. The molecule has 0 rings (SSSR count). The summed E-state index contributed by atoms with van der Waals surface area (Å²) in [6.45, 7) is 0.774. The van der Waals surface area contributed by atoms with Gasteiger partial charge in [0.25, 0.3) is 0 Å². The molecular weight excluding hydrogens is 160 g/mol. The van der Waals surface area contributed by atoms with Gasteiger partial charge in [0, 0.05) is 24.4 Å². The highest BCUT2D eigenvalue weighted by atomic mass is 16.1. The van der Waals surface area contributed by atoms with Crippen LogP contribution < -0.4 is 5.32 Å². The highest BCUT2D eigenvalue weighted by Crippen LogP contribution is 1.84. The van der Waals surface area contributed by atoms with Gasteiger partial charge in [-0.3, -0.25) is 0 Å². The van der Waals surface area contributed by atoms with Crippen molar-refractivity contribution in [2.24, 2.45) is 5.11 Å². The maximum atomic E-state index is 10.2. The van der Waals surface area contributed by atoms with Crippen molar-refractivity contribution in [3.63, 3.8) is 0 Å². The van der Waals surface area contributed by atoms with E-state index in [0.717, 1.165) is 6.29 Å². The predicted octanol–water partition coefficient (Wildman–Crippen LogP) is 0.0428. The maximum absolute atomic E-state index is 10.2. The van der Waals surface area contributed by atoms with Gasteiger partial charge in [0.1, 0.15) is 18.6 Å². The number of carbonyl (C=O) groups is 2. The van der Waals surface area contributed by atoms with Crippen molar-refractivity contribution >= 4 is 12.6 Å². The number of carbonyl (C=O) groups excluding carboxylic acids is 2. The number of nitrogens with one attached hydrogen (secondary N) is 1. The first-order chi connectivity index (χ1) is 5.85. The Morgan fingerprint density at radius 2 is 2.33 bits per heavy atom. The zero-order valence-corrected chi connectivity index (χ0v) is 6.51. The molecule has 0 bridgehead atoms. The number of azide groups is 1.